The van der Waals surface area contributed by atoms with Crippen LogP contribution in [-0.4, -0.2) is 64.2 Å². The molecule has 0 aliphatic carbocycles. The number of aromatic nitrogens is 4. The van der Waals surface area contributed by atoms with Crippen molar-refractivity contribution in [2.75, 3.05) is 50.0 Å². The van der Waals surface area contributed by atoms with Crippen LogP contribution in [0.15, 0.2) is 35.4 Å². The third kappa shape index (κ3) is 4.63. The van der Waals surface area contributed by atoms with E-state index < -0.39 is 11.7 Å². The first kappa shape index (κ1) is 22.3. The molecule has 32 heavy (non-hydrogen) atoms. The average molecular weight is 468 g/mol. The smallest absolute Gasteiger partial charge is 0.367 e. The number of halogens is 4. The molecule has 0 amide bonds. The molecule has 4 heterocycles. The third-order valence-corrected chi connectivity index (χ3v) is 5.57. The number of likely N-dealkylation sites (N-methyl/N-ethyl adjacent to an activating group) is 1. The Kier molecular flexibility index (Phi) is 6.20. The van der Waals surface area contributed by atoms with Crippen molar-refractivity contribution >= 4 is 34.4 Å². The SMILES string of the molecule is CN1CCN(c2nc3cccnc3n(CCNc3ncc(C(F)(F)F)cc3Cl)c2=O)CC1. The predicted octanol–water partition coefficient (Wildman–Crippen LogP) is 2.72. The van der Waals surface area contributed by atoms with Crippen molar-refractivity contribution < 1.29 is 13.2 Å². The summed E-state index contributed by atoms with van der Waals surface area (Å²) in [6.45, 7) is 3.43. The van der Waals surface area contributed by atoms with Crippen molar-refractivity contribution in [2.45, 2.75) is 12.7 Å². The number of hydrogen-bond donors (Lipinski definition) is 1. The van der Waals surface area contributed by atoms with Crippen molar-refractivity contribution in [3.05, 3.63) is 51.5 Å². The lowest BCUT2D eigenvalue weighted by Gasteiger charge is -2.33. The maximum Gasteiger partial charge on any atom is 0.417 e. The van der Waals surface area contributed by atoms with E-state index in [0.717, 1.165) is 25.4 Å². The molecule has 8 nitrogen and oxygen atoms in total. The van der Waals surface area contributed by atoms with Gasteiger partial charge in [0, 0.05) is 51.7 Å². The van der Waals surface area contributed by atoms with Crippen LogP contribution in [0.3, 0.4) is 0 Å². The molecule has 1 aliphatic heterocycles. The van der Waals surface area contributed by atoms with E-state index in [2.05, 4.69) is 25.2 Å². The Morgan fingerprint density at radius 2 is 1.94 bits per heavy atom. The zero-order chi connectivity index (χ0) is 22.9. The van der Waals surface area contributed by atoms with E-state index in [4.69, 9.17) is 11.6 Å². The number of nitrogens with one attached hydrogen (secondary N) is 1. The number of rotatable bonds is 5. The first-order valence-corrected chi connectivity index (χ1v) is 10.4. The summed E-state index contributed by atoms with van der Waals surface area (Å²) in [5.74, 6) is 0.475. The van der Waals surface area contributed by atoms with E-state index in [1.54, 1.807) is 18.3 Å². The molecule has 0 saturated carbocycles. The molecule has 12 heteroatoms. The van der Waals surface area contributed by atoms with E-state index in [1.807, 2.05) is 11.9 Å². The lowest BCUT2D eigenvalue weighted by Crippen LogP contribution is -2.47. The highest BCUT2D eigenvalue weighted by Gasteiger charge is 2.31. The topological polar surface area (TPSA) is 79.2 Å². The van der Waals surface area contributed by atoms with Crippen LogP contribution in [-0.2, 0) is 12.7 Å². The molecular formula is C20H21ClF3N7O. The van der Waals surface area contributed by atoms with Gasteiger partial charge in [0.2, 0.25) is 0 Å². The zero-order valence-corrected chi connectivity index (χ0v) is 18.0. The summed E-state index contributed by atoms with van der Waals surface area (Å²) in [5, 5.41) is 2.75. The fourth-order valence-corrected chi connectivity index (χ4v) is 3.74. The number of anilines is 2. The van der Waals surface area contributed by atoms with Gasteiger partial charge in [-0.25, -0.2) is 15.0 Å². The van der Waals surface area contributed by atoms with Gasteiger partial charge < -0.3 is 15.1 Å². The second kappa shape index (κ2) is 8.91. The second-order valence-electron chi connectivity index (χ2n) is 7.51. The highest BCUT2D eigenvalue weighted by molar-refractivity contribution is 6.32. The van der Waals surface area contributed by atoms with Crippen molar-refractivity contribution in [3.63, 3.8) is 0 Å². The largest absolute Gasteiger partial charge is 0.417 e. The summed E-state index contributed by atoms with van der Waals surface area (Å²) in [5.41, 5.74) is -0.171. The van der Waals surface area contributed by atoms with Crippen LogP contribution in [0, 0.1) is 0 Å². The van der Waals surface area contributed by atoms with Gasteiger partial charge >= 0.3 is 6.18 Å². The van der Waals surface area contributed by atoms with Gasteiger partial charge in [0.25, 0.3) is 5.56 Å². The first-order chi connectivity index (χ1) is 15.2. The molecule has 1 aliphatic rings. The molecule has 0 unspecified atom stereocenters. The molecule has 4 rings (SSSR count). The first-order valence-electron chi connectivity index (χ1n) is 9.99. The van der Waals surface area contributed by atoms with Crippen LogP contribution in [0.5, 0.6) is 0 Å². The molecule has 0 atom stereocenters. The van der Waals surface area contributed by atoms with Gasteiger partial charge in [-0.05, 0) is 25.2 Å². The Balaban J connectivity index is 1.58. The molecule has 1 fully saturated rings. The molecule has 1 saturated heterocycles. The molecular weight excluding hydrogens is 447 g/mol. The minimum absolute atomic E-state index is 0.110. The summed E-state index contributed by atoms with van der Waals surface area (Å²) in [6.07, 6.45) is -2.23. The molecule has 1 N–H and O–H groups in total. The minimum Gasteiger partial charge on any atom is -0.367 e. The fourth-order valence-electron chi connectivity index (χ4n) is 3.50. The van der Waals surface area contributed by atoms with E-state index in [0.29, 0.717) is 30.1 Å². The van der Waals surface area contributed by atoms with E-state index in [1.165, 1.54) is 4.57 Å². The number of pyridine rings is 2. The minimum atomic E-state index is -4.52. The summed E-state index contributed by atoms with van der Waals surface area (Å²) in [4.78, 5) is 30.0. The van der Waals surface area contributed by atoms with Crippen LogP contribution < -0.4 is 15.8 Å². The summed E-state index contributed by atoms with van der Waals surface area (Å²) >= 11 is 5.96. The Bertz CT molecular complexity index is 1180. The molecule has 0 bridgehead atoms. The molecule has 0 radical (unpaired) electrons. The Hall–Kier alpha value is -2.92. The van der Waals surface area contributed by atoms with Crippen LogP contribution >= 0.6 is 11.6 Å². The van der Waals surface area contributed by atoms with Crippen LogP contribution in [0.1, 0.15) is 5.56 Å². The summed E-state index contributed by atoms with van der Waals surface area (Å²) < 4.78 is 39.9. The van der Waals surface area contributed by atoms with Gasteiger partial charge in [-0.15, -0.1) is 0 Å². The molecule has 3 aromatic heterocycles. The Morgan fingerprint density at radius 3 is 2.62 bits per heavy atom. The van der Waals surface area contributed by atoms with Crippen molar-refractivity contribution in [1.29, 1.82) is 0 Å². The van der Waals surface area contributed by atoms with Gasteiger partial charge in [-0.2, -0.15) is 13.2 Å². The van der Waals surface area contributed by atoms with Crippen LogP contribution in [0.25, 0.3) is 11.2 Å². The maximum atomic E-state index is 13.2. The quantitative estimate of drug-likeness (QED) is 0.618. The molecule has 170 valence electrons. The predicted molar refractivity (Wildman–Crippen MR) is 116 cm³/mol. The van der Waals surface area contributed by atoms with Crippen LogP contribution in [0.4, 0.5) is 24.8 Å². The second-order valence-corrected chi connectivity index (χ2v) is 7.91. The zero-order valence-electron chi connectivity index (χ0n) is 17.2. The van der Waals surface area contributed by atoms with E-state index in [9.17, 15) is 18.0 Å². The van der Waals surface area contributed by atoms with Crippen LogP contribution in [0.2, 0.25) is 5.02 Å². The van der Waals surface area contributed by atoms with Gasteiger partial charge in [0.1, 0.15) is 11.3 Å². The number of fused-ring (bicyclic) bond motifs is 1. The fraction of sp³-hybridized carbons (Fsp3) is 0.400. The molecule has 3 aromatic rings. The number of piperazine rings is 1. The number of alkyl halides is 3. The van der Waals surface area contributed by atoms with Gasteiger partial charge in [0.15, 0.2) is 11.5 Å². The Labute approximate surface area is 186 Å². The van der Waals surface area contributed by atoms with E-state index >= 15 is 0 Å². The number of nitrogens with zero attached hydrogens (tertiary/aromatic N) is 6. The lowest BCUT2D eigenvalue weighted by molar-refractivity contribution is -0.137. The van der Waals surface area contributed by atoms with Crippen molar-refractivity contribution in [2.24, 2.45) is 0 Å². The van der Waals surface area contributed by atoms with Crippen molar-refractivity contribution in [1.82, 2.24) is 24.4 Å². The van der Waals surface area contributed by atoms with Gasteiger partial charge in [-0.3, -0.25) is 9.36 Å². The maximum absolute atomic E-state index is 13.2. The van der Waals surface area contributed by atoms with Crippen molar-refractivity contribution in [3.8, 4) is 0 Å². The molecule has 0 aromatic carbocycles. The highest BCUT2D eigenvalue weighted by atomic mass is 35.5. The monoisotopic (exact) mass is 467 g/mol. The number of hydrogen-bond acceptors (Lipinski definition) is 7. The normalized spacial score (nSPS) is 15.3. The highest BCUT2D eigenvalue weighted by Crippen LogP contribution is 2.32. The standard InChI is InChI=1S/C20H21ClF3N7O/c1-29-7-9-30(10-8-29)18-19(32)31(17-15(28-18)3-2-4-26-17)6-5-25-16-14(21)11-13(12-27-16)20(22,23)24/h2-4,11-12H,5-10H2,1H3,(H,25,27). The van der Waals surface area contributed by atoms with Gasteiger partial charge in [-0.1, -0.05) is 11.6 Å². The summed E-state index contributed by atoms with van der Waals surface area (Å²) in [7, 11) is 2.03. The average Bonchev–Trinajstić information content (AvgIpc) is 2.76. The summed E-state index contributed by atoms with van der Waals surface area (Å²) in [6, 6.07) is 4.36. The van der Waals surface area contributed by atoms with E-state index in [-0.39, 0.29) is 29.5 Å². The van der Waals surface area contributed by atoms with Gasteiger partial charge in [0.05, 0.1) is 10.6 Å². The molecule has 0 spiro atoms. The third-order valence-electron chi connectivity index (χ3n) is 5.28. The Morgan fingerprint density at radius 1 is 1.19 bits per heavy atom. The lowest BCUT2D eigenvalue weighted by atomic mass is 10.3.